The van der Waals surface area contributed by atoms with E-state index in [4.69, 9.17) is 4.74 Å². The van der Waals surface area contributed by atoms with Crippen LogP contribution in [0.4, 0.5) is 0 Å². The number of rotatable bonds is 1. The first-order valence-electron chi connectivity index (χ1n) is 7.02. The van der Waals surface area contributed by atoms with E-state index in [1.165, 1.54) is 24.8 Å². The van der Waals surface area contributed by atoms with Crippen LogP contribution in [0.25, 0.3) is 0 Å². The van der Waals surface area contributed by atoms with Crippen molar-refractivity contribution in [2.24, 2.45) is 5.41 Å². The molecule has 0 amide bonds. The predicted octanol–water partition coefficient (Wildman–Crippen LogP) is 3.64. The fourth-order valence-corrected chi connectivity index (χ4v) is 3.60. The first-order valence-corrected chi connectivity index (χ1v) is 7.02. The minimum Gasteiger partial charge on any atom is -0.361 e. The number of aryl methyl sites for hydroxylation is 1. The summed E-state index contributed by atoms with van der Waals surface area (Å²) in [5.74, 6) is -1.07. The molecule has 1 atom stereocenters. The molecule has 2 aliphatic rings. The Labute approximate surface area is 109 Å². The molecular formula is C16H22O2. The summed E-state index contributed by atoms with van der Waals surface area (Å²) in [6, 6.07) is 6.27. The molecule has 2 nitrogen and oxygen atoms in total. The maximum atomic E-state index is 11.1. The summed E-state index contributed by atoms with van der Waals surface area (Å²) in [6.45, 7) is 4.81. The van der Waals surface area contributed by atoms with Gasteiger partial charge in [0.25, 0.3) is 0 Å². The van der Waals surface area contributed by atoms with Crippen LogP contribution in [0.1, 0.15) is 55.7 Å². The fraction of sp³-hybridized carbons (Fsp3) is 0.625. The first-order chi connectivity index (χ1) is 8.55. The van der Waals surface area contributed by atoms with E-state index in [0.717, 1.165) is 24.0 Å². The quantitative estimate of drug-likeness (QED) is 0.819. The van der Waals surface area contributed by atoms with Crippen molar-refractivity contribution < 1.29 is 9.84 Å². The van der Waals surface area contributed by atoms with Gasteiger partial charge in [0.15, 0.2) is 5.79 Å². The Bertz CT molecular complexity index is 460. The van der Waals surface area contributed by atoms with Gasteiger partial charge in [-0.1, -0.05) is 49.9 Å². The molecule has 0 aromatic heterocycles. The number of ether oxygens (including phenoxy) is 1. The van der Waals surface area contributed by atoms with E-state index in [1.807, 2.05) is 0 Å². The highest BCUT2D eigenvalue weighted by molar-refractivity contribution is 5.38. The standard InChI is InChI=1S/C16H22O2/c1-12-6-7-14-13(10-12)11-18-16(14,17)15(2)8-4-3-5-9-15/h6-7,10,17H,3-5,8-9,11H2,1-2H3. The Kier molecular flexibility index (Phi) is 2.76. The SMILES string of the molecule is Cc1ccc2c(c1)COC2(O)C1(C)CCCCC1. The highest BCUT2D eigenvalue weighted by atomic mass is 16.6. The van der Waals surface area contributed by atoms with Crippen LogP contribution in [-0.2, 0) is 17.1 Å². The molecule has 0 spiro atoms. The summed E-state index contributed by atoms with van der Waals surface area (Å²) in [5, 5.41) is 11.1. The minimum atomic E-state index is -1.07. The Morgan fingerprint density at radius 3 is 2.61 bits per heavy atom. The predicted molar refractivity (Wildman–Crippen MR) is 71.1 cm³/mol. The molecule has 0 bridgehead atoms. The van der Waals surface area contributed by atoms with Gasteiger partial charge in [0, 0.05) is 11.0 Å². The van der Waals surface area contributed by atoms with Crippen molar-refractivity contribution in [3.05, 3.63) is 34.9 Å². The van der Waals surface area contributed by atoms with Gasteiger partial charge < -0.3 is 9.84 Å². The minimum absolute atomic E-state index is 0.133. The zero-order valence-corrected chi connectivity index (χ0v) is 11.3. The van der Waals surface area contributed by atoms with Crippen LogP contribution in [0.2, 0.25) is 0 Å². The van der Waals surface area contributed by atoms with Crippen LogP contribution in [0.3, 0.4) is 0 Å². The molecule has 1 aromatic carbocycles. The summed E-state index contributed by atoms with van der Waals surface area (Å²) in [5.41, 5.74) is 3.25. The lowest BCUT2D eigenvalue weighted by molar-refractivity contribution is -0.280. The Morgan fingerprint density at radius 1 is 1.17 bits per heavy atom. The molecule has 0 saturated heterocycles. The number of aliphatic hydroxyl groups is 1. The average Bonchev–Trinajstić information content (AvgIpc) is 2.69. The van der Waals surface area contributed by atoms with Crippen molar-refractivity contribution >= 4 is 0 Å². The smallest absolute Gasteiger partial charge is 0.198 e. The van der Waals surface area contributed by atoms with E-state index < -0.39 is 5.79 Å². The number of hydrogen-bond acceptors (Lipinski definition) is 2. The van der Waals surface area contributed by atoms with Crippen LogP contribution in [0.15, 0.2) is 18.2 Å². The summed E-state index contributed by atoms with van der Waals surface area (Å²) in [7, 11) is 0. The topological polar surface area (TPSA) is 29.5 Å². The highest BCUT2D eigenvalue weighted by Gasteiger charge is 2.53. The third-order valence-corrected chi connectivity index (χ3v) is 4.84. The van der Waals surface area contributed by atoms with Gasteiger partial charge in [0.1, 0.15) is 0 Å². The molecule has 98 valence electrons. The molecule has 1 aliphatic heterocycles. The summed E-state index contributed by atoms with van der Waals surface area (Å²) in [4.78, 5) is 0. The molecule has 1 aliphatic carbocycles. The molecule has 1 unspecified atom stereocenters. The van der Waals surface area contributed by atoms with E-state index in [-0.39, 0.29) is 5.41 Å². The highest BCUT2D eigenvalue weighted by Crippen LogP contribution is 2.53. The van der Waals surface area contributed by atoms with Crippen LogP contribution >= 0.6 is 0 Å². The van der Waals surface area contributed by atoms with Gasteiger partial charge in [-0.15, -0.1) is 0 Å². The van der Waals surface area contributed by atoms with E-state index >= 15 is 0 Å². The van der Waals surface area contributed by atoms with E-state index in [2.05, 4.69) is 32.0 Å². The molecule has 1 aromatic rings. The van der Waals surface area contributed by atoms with Crippen LogP contribution < -0.4 is 0 Å². The lowest BCUT2D eigenvalue weighted by Gasteiger charge is -2.44. The van der Waals surface area contributed by atoms with Gasteiger partial charge in [-0.2, -0.15) is 0 Å². The molecule has 3 rings (SSSR count). The molecule has 1 heterocycles. The number of hydrogen-bond donors (Lipinski definition) is 1. The molecule has 1 saturated carbocycles. The zero-order chi connectivity index (χ0) is 12.8. The second-order valence-electron chi connectivity index (χ2n) is 6.21. The van der Waals surface area contributed by atoms with Crippen molar-refractivity contribution in [1.82, 2.24) is 0 Å². The molecular weight excluding hydrogens is 224 g/mol. The van der Waals surface area contributed by atoms with Gasteiger partial charge in [-0.3, -0.25) is 0 Å². The average molecular weight is 246 g/mol. The lowest BCUT2D eigenvalue weighted by Crippen LogP contribution is -2.45. The van der Waals surface area contributed by atoms with Gasteiger partial charge in [-0.05, 0) is 25.3 Å². The van der Waals surface area contributed by atoms with Crippen molar-refractivity contribution in [3.8, 4) is 0 Å². The molecule has 18 heavy (non-hydrogen) atoms. The monoisotopic (exact) mass is 246 g/mol. The Morgan fingerprint density at radius 2 is 1.89 bits per heavy atom. The van der Waals surface area contributed by atoms with Crippen molar-refractivity contribution in [1.29, 1.82) is 0 Å². The molecule has 1 fully saturated rings. The number of fused-ring (bicyclic) bond motifs is 1. The van der Waals surface area contributed by atoms with Gasteiger partial charge in [0.05, 0.1) is 6.61 Å². The maximum Gasteiger partial charge on any atom is 0.198 e. The van der Waals surface area contributed by atoms with Crippen molar-refractivity contribution in [2.75, 3.05) is 0 Å². The first kappa shape index (κ1) is 12.2. The Hall–Kier alpha value is -0.860. The van der Waals surface area contributed by atoms with E-state index in [1.54, 1.807) is 0 Å². The second kappa shape index (κ2) is 4.07. The summed E-state index contributed by atoms with van der Waals surface area (Å²) < 4.78 is 5.86. The van der Waals surface area contributed by atoms with Gasteiger partial charge in [-0.25, -0.2) is 0 Å². The van der Waals surface area contributed by atoms with Gasteiger partial charge >= 0.3 is 0 Å². The second-order valence-corrected chi connectivity index (χ2v) is 6.21. The third kappa shape index (κ3) is 1.63. The van der Waals surface area contributed by atoms with E-state index in [9.17, 15) is 5.11 Å². The third-order valence-electron chi connectivity index (χ3n) is 4.84. The molecule has 1 N–H and O–H groups in total. The fourth-order valence-electron chi connectivity index (χ4n) is 3.60. The lowest BCUT2D eigenvalue weighted by atomic mass is 9.67. The number of benzene rings is 1. The maximum absolute atomic E-state index is 11.1. The normalized spacial score (nSPS) is 30.2. The van der Waals surface area contributed by atoms with Gasteiger partial charge in [0.2, 0.25) is 0 Å². The zero-order valence-electron chi connectivity index (χ0n) is 11.3. The Balaban J connectivity index is 2.02. The van der Waals surface area contributed by atoms with E-state index in [0.29, 0.717) is 6.61 Å². The van der Waals surface area contributed by atoms with Crippen LogP contribution in [0.5, 0.6) is 0 Å². The van der Waals surface area contributed by atoms with Crippen LogP contribution in [0, 0.1) is 12.3 Å². The summed E-state index contributed by atoms with van der Waals surface area (Å²) >= 11 is 0. The summed E-state index contributed by atoms with van der Waals surface area (Å²) in [6.07, 6.45) is 5.78. The molecule has 0 radical (unpaired) electrons. The molecule has 2 heteroatoms. The van der Waals surface area contributed by atoms with Crippen molar-refractivity contribution in [2.45, 2.75) is 58.3 Å². The van der Waals surface area contributed by atoms with Crippen molar-refractivity contribution in [3.63, 3.8) is 0 Å². The largest absolute Gasteiger partial charge is 0.361 e. The van der Waals surface area contributed by atoms with Crippen LogP contribution in [-0.4, -0.2) is 5.11 Å².